The van der Waals surface area contributed by atoms with Crippen LogP contribution in [0.25, 0.3) is 10.9 Å². The first kappa shape index (κ1) is 10.8. The predicted octanol–water partition coefficient (Wildman–Crippen LogP) is 0.968. The number of amides is 1. The smallest absolute Gasteiger partial charge is 0.290 e. The minimum absolute atomic E-state index is 0.250. The van der Waals surface area contributed by atoms with Crippen molar-refractivity contribution in [3.63, 3.8) is 0 Å². The number of carbonyl (C=O) groups is 2. The molecule has 0 saturated carbocycles. The number of fused-ring (bicyclic) bond motifs is 1. The summed E-state index contributed by atoms with van der Waals surface area (Å²) in [6.07, 6.45) is 1.83. The molecule has 15 heavy (non-hydrogen) atoms. The van der Waals surface area contributed by atoms with Gasteiger partial charge in [-0.1, -0.05) is 0 Å². The van der Waals surface area contributed by atoms with E-state index >= 15 is 0 Å². The molecule has 4 N–H and O–H groups in total. The minimum atomic E-state index is -0.391. The second-order valence-corrected chi connectivity index (χ2v) is 2.75. The largest absolute Gasteiger partial charge is 0.483 e. The summed E-state index contributed by atoms with van der Waals surface area (Å²) in [6.45, 7) is -0.250. The van der Waals surface area contributed by atoms with E-state index in [-0.39, 0.29) is 6.47 Å². The lowest BCUT2D eigenvalue weighted by Gasteiger charge is -1.94. The third kappa shape index (κ3) is 2.57. The average Bonchev–Trinajstić information content (AvgIpc) is 2.65. The van der Waals surface area contributed by atoms with Crippen molar-refractivity contribution in [2.45, 2.75) is 0 Å². The molecule has 5 heteroatoms. The van der Waals surface area contributed by atoms with Crippen LogP contribution in [0.2, 0.25) is 0 Å². The Morgan fingerprint density at radius 3 is 2.67 bits per heavy atom. The van der Waals surface area contributed by atoms with Gasteiger partial charge in [0.25, 0.3) is 6.47 Å². The highest BCUT2D eigenvalue weighted by Crippen LogP contribution is 2.13. The molecule has 0 aliphatic heterocycles. The minimum Gasteiger partial charge on any atom is -0.483 e. The molecular weight excluding hydrogens is 196 g/mol. The normalized spacial score (nSPS) is 9.07. The molecule has 1 aromatic heterocycles. The van der Waals surface area contributed by atoms with Crippen molar-refractivity contribution in [1.82, 2.24) is 4.98 Å². The highest BCUT2D eigenvalue weighted by molar-refractivity contribution is 5.96. The fourth-order valence-electron chi connectivity index (χ4n) is 1.21. The van der Waals surface area contributed by atoms with Crippen LogP contribution in [0.15, 0.2) is 30.5 Å². The van der Waals surface area contributed by atoms with Gasteiger partial charge in [-0.25, -0.2) is 0 Å². The van der Waals surface area contributed by atoms with E-state index in [1.165, 1.54) is 0 Å². The van der Waals surface area contributed by atoms with Crippen molar-refractivity contribution in [1.29, 1.82) is 0 Å². The molecule has 1 heterocycles. The summed E-state index contributed by atoms with van der Waals surface area (Å²) in [5.41, 5.74) is 6.68. The molecule has 0 unspecified atom stereocenters. The third-order valence-electron chi connectivity index (χ3n) is 1.84. The van der Waals surface area contributed by atoms with Crippen LogP contribution < -0.4 is 5.73 Å². The van der Waals surface area contributed by atoms with E-state index in [2.05, 4.69) is 4.98 Å². The molecule has 1 amide bonds. The second kappa shape index (κ2) is 4.80. The molecule has 0 radical (unpaired) electrons. The quantitative estimate of drug-likeness (QED) is 0.606. The summed E-state index contributed by atoms with van der Waals surface area (Å²) < 4.78 is 0. The molecular formula is C10H10N2O3. The van der Waals surface area contributed by atoms with E-state index in [4.69, 9.17) is 15.6 Å². The monoisotopic (exact) mass is 206 g/mol. The summed E-state index contributed by atoms with van der Waals surface area (Å²) >= 11 is 0. The van der Waals surface area contributed by atoms with Crippen LogP contribution in [0.4, 0.5) is 0 Å². The van der Waals surface area contributed by atoms with Crippen LogP contribution in [0.1, 0.15) is 10.4 Å². The molecule has 0 saturated heterocycles. The van der Waals surface area contributed by atoms with Gasteiger partial charge in [0.15, 0.2) is 0 Å². The van der Waals surface area contributed by atoms with Crippen molar-refractivity contribution in [3.8, 4) is 0 Å². The van der Waals surface area contributed by atoms with Gasteiger partial charge in [-0.2, -0.15) is 0 Å². The number of aromatic amines is 1. The van der Waals surface area contributed by atoms with Crippen LogP contribution in [0.5, 0.6) is 0 Å². The molecule has 0 fully saturated rings. The van der Waals surface area contributed by atoms with Gasteiger partial charge in [-0.3, -0.25) is 9.59 Å². The molecule has 0 spiro atoms. The summed E-state index contributed by atoms with van der Waals surface area (Å²) in [4.78, 5) is 22.2. The number of rotatable bonds is 1. The maximum Gasteiger partial charge on any atom is 0.290 e. The van der Waals surface area contributed by atoms with E-state index in [0.29, 0.717) is 5.56 Å². The highest BCUT2D eigenvalue weighted by Gasteiger charge is 2.00. The molecule has 2 rings (SSSR count). The molecule has 1 aromatic carbocycles. The molecule has 0 atom stereocenters. The Morgan fingerprint density at radius 1 is 1.40 bits per heavy atom. The number of carboxylic acid groups (broad SMARTS) is 1. The number of aromatic nitrogens is 1. The molecule has 0 bridgehead atoms. The highest BCUT2D eigenvalue weighted by atomic mass is 16.3. The van der Waals surface area contributed by atoms with Crippen LogP contribution in [-0.2, 0) is 4.79 Å². The van der Waals surface area contributed by atoms with Gasteiger partial charge < -0.3 is 15.8 Å². The summed E-state index contributed by atoms with van der Waals surface area (Å²) in [6, 6.07) is 7.23. The number of H-pyrrole nitrogens is 1. The number of nitrogens with one attached hydrogen (secondary N) is 1. The Hall–Kier alpha value is -2.30. The SMILES string of the molecule is NC(=O)c1ccc2[nH]ccc2c1.O=CO. The average molecular weight is 206 g/mol. The molecule has 0 aliphatic carbocycles. The Bertz CT molecular complexity index is 476. The van der Waals surface area contributed by atoms with Crippen molar-refractivity contribution >= 4 is 23.3 Å². The van der Waals surface area contributed by atoms with Crippen molar-refractivity contribution in [2.75, 3.05) is 0 Å². The number of carbonyl (C=O) groups excluding carboxylic acids is 1. The number of benzene rings is 1. The van der Waals surface area contributed by atoms with Crippen LogP contribution in [-0.4, -0.2) is 22.5 Å². The fraction of sp³-hybridized carbons (Fsp3) is 0. The Labute approximate surface area is 85.5 Å². The van der Waals surface area contributed by atoms with Crippen molar-refractivity contribution < 1.29 is 14.7 Å². The van der Waals surface area contributed by atoms with E-state index in [1.807, 2.05) is 18.3 Å². The topological polar surface area (TPSA) is 96.2 Å². The van der Waals surface area contributed by atoms with Gasteiger partial charge in [0.05, 0.1) is 0 Å². The maximum atomic E-state index is 10.8. The van der Waals surface area contributed by atoms with Gasteiger partial charge in [0.1, 0.15) is 0 Å². The Morgan fingerprint density at radius 2 is 2.07 bits per heavy atom. The number of primary amides is 1. The maximum absolute atomic E-state index is 10.8. The zero-order valence-electron chi connectivity index (χ0n) is 7.81. The van der Waals surface area contributed by atoms with Gasteiger partial charge in [0, 0.05) is 22.7 Å². The molecule has 0 aliphatic rings. The fourth-order valence-corrected chi connectivity index (χ4v) is 1.21. The second-order valence-electron chi connectivity index (χ2n) is 2.75. The van der Waals surface area contributed by atoms with E-state index in [1.54, 1.807) is 12.1 Å². The van der Waals surface area contributed by atoms with Crippen LogP contribution >= 0.6 is 0 Å². The molecule has 5 nitrogen and oxygen atoms in total. The van der Waals surface area contributed by atoms with Gasteiger partial charge in [0.2, 0.25) is 5.91 Å². The van der Waals surface area contributed by atoms with E-state index < -0.39 is 5.91 Å². The van der Waals surface area contributed by atoms with Gasteiger partial charge in [-0.05, 0) is 24.3 Å². The molecule has 2 aromatic rings. The predicted molar refractivity (Wildman–Crippen MR) is 55.5 cm³/mol. The standard InChI is InChI=1S/C9H8N2O.CH2O2/c10-9(12)7-1-2-8-6(5-7)3-4-11-8;2-1-3/h1-5,11H,(H2,10,12);1H,(H,2,3). The lowest BCUT2D eigenvalue weighted by Crippen LogP contribution is -2.10. The van der Waals surface area contributed by atoms with E-state index in [9.17, 15) is 4.79 Å². The first-order chi connectivity index (χ1) is 7.19. The van der Waals surface area contributed by atoms with Crippen molar-refractivity contribution in [3.05, 3.63) is 36.0 Å². The lowest BCUT2D eigenvalue weighted by molar-refractivity contribution is -0.122. The third-order valence-corrected chi connectivity index (χ3v) is 1.84. The van der Waals surface area contributed by atoms with Crippen LogP contribution in [0, 0.1) is 0 Å². The zero-order valence-corrected chi connectivity index (χ0v) is 7.81. The molecule has 78 valence electrons. The van der Waals surface area contributed by atoms with E-state index in [0.717, 1.165) is 10.9 Å². The number of hydrogen-bond acceptors (Lipinski definition) is 2. The summed E-state index contributed by atoms with van der Waals surface area (Å²) in [5.74, 6) is -0.391. The number of hydrogen-bond donors (Lipinski definition) is 3. The van der Waals surface area contributed by atoms with Crippen LogP contribution in [0.3, 0.4) is 0 Å². The van der Waals surface area contributed by atoms with Gasteiger partial charge in [-0.15, -0.1) is 0 Å². The Balaban J connectivity index is 0.000000337. The summed E-state index contributed by atoms with van der Waals surface area (Å²) in [7, 11) is 0. The number of nitrogens with two attached hydrogens (primary N) is 1. The summed E-state index contributed by atoms with van der Waals surface area (Å²) in [5, 5.41) is 7.89. The zero-order chi connectivity index (χ0) is 11.3. The van der Waals surface area contributed by atoms with Crippen molar-refractivity contribution in [2.24, 2.45) is 5.73 Å². The van der Waals surface area contributed by atoms with Gasteiger partial charge >= 0.3 is 0 Å². The lowest BCUT2D eigenvalue weighted by atomic mass is 10.1. The first-order valence-corrected chi connectivity index (χ1v) is 4.14. The Kier molecular flexibility index (Phi) is 3.45. The first-order valence-electron chi connectivity index (χ1n) is 4.14.